The Balaban J connectivity index is 2.38. The second kappa shape index (κ2) is 8.46. The minimum atomic E-state index is -0.0818. The third-order valence-corrected chi connectivity index (χ3v) is 4.31. The molecule has 0 saturated heterocycles. The zero-order chi connectivity index (χ0) is 14.3. The maximum Gasteiger partial charge on any atom is 0.230 e. The van der Waals surface area contributed by atoms with Crippen molar-refractivity contribution >= 4 is 29.3 Å². The van der Waals surface area contributed by atoms with Gasteiger partial charge in [-0.15, -0.1) is 0 Å². The highest BCUT2D eigenvalue weighted by Crippen LogP contribution is 2.22. The first kappa shape index (κ1) is 16.3. The van der Waals surface area contributed by atoms with Crippen LogP contribution in [-0.2, 0) is 4.79 Å². The van der Waals surface area contributed by atoms with E-state index in [1.807, 2.05) is 38.1 Å². The number of halogens is 1. The molecule has 0 saturated carbocycles. The van der Waals surface area contributed by atoms with Gasteiger partial charge in [-0.1, -0.05) is 36.7 Å². The van der Waals surface area contributed by atoms with E-state index >= 15 is 0 Å². The largest absolute Gasteiger partial charge is 0.349 e. The van der Waals surface area contributed by atoms with Gasteiger partial charge >= 0.3 is 0 Å². The number of hydrogen-bond donors (Lipinski definition) is 2. The number of nitrogens with two attached hydrogens (primary N) is 1. The molecule has 2 unspecified atom stereocenters. The Morgan fingerprint density at radius 1 is 1.47 bits per heavy atom. The summed E-state index contributed by atoms with van der Waals surface area (Å²) in [4.78, 5) is 11.8. The van der Waals surface area contributed by atoms with E-state index in [2.05, 4.69) is 5.32 Å². The zero-order valence-electron chi connectivity index (χ0n) is 11.4. The van der Waals surface area contributed by atoms with Crippen LogP contribution >= 0.6 is 23.4 Å². The van der Waals surface area contributed by atoms with Gasteiger partial charge in [0.05, 0.1) is 11.8 Å². The lowest BCUT2D eigenvalue weighted by molar-refractivity contribution is -0.119. The number of benzene rings is 1. The SMILES string of the molecule is CCC(N)CSCC(=O)NC(C)c1ccccc1Cl. The summed E-state index contributed by atoms with van der Waals surface area (Å²) in [5, 5.41) is 3.62. The smallest absolute Gasteiger partial charge is 0.230 e. The van der Waals surface area contributed by atoms with Gasteiger partial charge in [-0.05, 0) is 25.0 Å². The lowest BCUT2D eigenvalue weighted by Crippen LogP contribution is -2.29. The van der Waals surface area contributed by atoms with Crippen LogP contribution in [0.5, 0.6) is 0 Å². The summed E-state index contributed by atoms with van der Waals surface area (Å²) < 4.78 is 0. The van der Waals surface area contributed by atoms with Crippen molar-refractivity contribution in [1.82, 2.24) is 5.32 Å². The lowest BCUT2D eigenvalue weighted by Gasteiger charge is -2.16. The van der Waals surface area contributed by atoms with Crippen LogP contribution in [0.2, 0.25) is 5.02 Å². The predicted octanol–water partition coefficient (Wildman–Crippen LogP) is 2.99. The highest BCUT2D eigenvalue weighted by atomic mass is 35.5. The highest BCUT2D eigenvalue weighted by Gasteiger charge is 2.12. The van der Waals surface area contributed by atoms with Gasteiger partial charge in [0.15, 0.2) is 0 Å². The fourth-order valence-electron chi connectivity index (χ4n) is 1.61. The molecule has 1 rings (SSSR count). The molecule has 5 heteroatoms. The van der Waals surface area contributed by atoms with Gasteiger partial charge in [-0.3, -0.25) is 4.79 Å². The van der Waals surface area contributed by atoms with E-state index < -0.39 is 0 Å². The molecule has 0 spiro atoms. The molecule has 3 nitrogen and oxygen atoms in total. The third kappa shape index (κ3) is 5.85. The Morgan fingerprint density at radius 3 is 2.79 bits per heavy atom. The van der Waals surface area contributed by atoms with Crippen LogP contribution in [0.3, 0.4) is 0 Å². The normalized spacial score (nSPS) is 13.9. The van der Waals surface area contributed by atoms with E-state index in [0.717, 1.165) is 17.7 Å². The summed E-state index contributed by atoms with van der Waals surface area (Å²) in [6.07, 6.45) is 0.935. The molecule has 0 aliphatic heterocycles. The Labute approximate surface area is 124 Å². The van der Waals surface area contributed by atoms with Crippen molar-refractivity contribution in [3.05, 3.63) is 34.9 Å². The monoisotopic (exact) mass is 300 g/mol. The molecule has 0 aliphatic carbocycles. The molecule has 1 aromatic rings. The molecule has 106 valence electrons. The highest BCUT2D eigenvalue weighted by molar-refractivity contribution is 7.99. The van der Waals surface area contributed by atoms with Crippen LogP contribution in [0.15, 0.2) is 24.3 Å². The number of hydrogen-bond acceptors (Lipinski definition) is 3. The quantitative estimate of drug-likeness (QED) is 0.814. The zero-order valence-corrected chi connectivity index (χ0v) is 12.9. The summed E-state index contributed by atoms with van der Waals surface area (Å²) in [6.45, 7) is 3.98. The Kier molecular flexibility index (Phi) is 7.28. The maximum atomic E-state index is 11.8. The number of nitrogens with one attached hydrogen (secondary N) is 1. The van der Waals surface area contributed by atoms with Crippen LogP contribution in [0, 0.1) is 0 Å². The Morgan fingerprint density at radius 2 is 2.16 bits per heavy atom. The molecule has 0 radical (unpaired) electrons. The minimum absolute atomic E-state index is 0.0146. The average Bonchev–Trinajstić information content (AvgIpc) is 2.38. The molecule has 0 fully saturated rings. The summed E-state index contributed by atoms with van der Waals surface area (Å²) in [7, 11) is 0. The van der Waals surface area contributed by atoms with Crippen molar-refractivity contribution in [2.75, 3.05) is 11.5 Å². The van der Waals surface area contributed by atoms with E-state index in [0.29, 0.717) is 10.8 Å². The van der Waals surface area contributed by atoms with Crippen LogP contribution in [0.1, 0.15) is 31.9 Å². The second-order valence-corrected chi connectivity index (χ2v) is 5.93. The topological polar surface area (TPSA) is 55.1 Å². The van der Waals surface area contributed by atoms with Gasteiger partial charge in [0, 0.05) is 16.8 Å². The Bertz CT molecular complexity index is 414. The van der Waals surface area contributed by atoms with Crippen molar-refractivity contribution < 1.29 is 4.79 Å². The van der Waals surface area contributed by atoms with Gasteiger partial charge in [-0.25, -0.2) is 0 Å². The fraction of sp³-hybridized carbons (Fsp3) is 0.500. The van der Waals surface area contributed by atoms with Crippen LogP contribution in [-0.4, -0.2) is 23.5 Å². The summed E-state index contributed by atoms with van der Waals surface area (Å²) in [5.41, 5.74) is 6.74. The molecule has 0 bridgehead atoms. The molecule has 0 heterocycles. The minimum Gasteiger partial charge on any atom is -0.349 e. The maximum absolute atomic E-state index is 11.8. The predicted molar refractivity (Wildman–Crippen MR) is 83.6 cm³/mol. The van der Waals surface area contributed by atoms with E-state index in [1.165, 1.54) is 0 Å². The first-order valence-electron chi connectivity index (χ1n) is 6.41. The molecule has 2 atom stereocenters. The molecule has 0 aromatic heterocycles. The van der Waals surface area contributed by atoms with Crippen LogP contribution in [0.25, 0.3) is 0 Å². The van der Waals surface area contributed by atoms with Crippen molar-refractivity contribution in [3.8, 4) is 0 Å². The van der Waals surface area contributed by atoms with Crippen molar-refractivity contribution in [2.24, 2.45) is 5.73 Å². The molecular weight excluding hydrogens is 280 g/mol. The van der Waals surface area contributed by atoms with Gasteiger partial charge in [0.2, 0.25) is 5.91 Å². The first-order valence-corrected chi connectivity index (χ1v) is 7.95. The first-order chi connectivity index (χ1) is 9.04. The fourth-order valence-corrected chi connectivity index (χ4v) is 2.83. The number of thioether (sulfide) groups is 1. The summed E-state index contributed by atoms with van der Waals surface area (Å²) in [6, 6.07) is 7.63. The number of amides is 1. The van der Waals surface area contributed by atoms with Crippen molar-refractivity contribution in [3.63, 3.8) is 0 Å². The van der Waals surface area contributed by atoms with Crippen LogP contribution in [0.4, 0.5) is 0 Å². The number of carbonyl (C=O) groups excluding carboxylic acids is 1. The third-order valence-electron chi connectivity index (χ3n) is 2.84. The molecule has 1 amide bonds. The average molecular weight is 301 g/mol. The van der Waals surface area contributed by atoms with Crippen molar-refractivity contribution in [2.45, 2.75) is 32.4 Å². The second-order valence-electron chi connectivity index (χ2n) is 4.49. The van der Waals surface area contributed by atoms with Gasteiger partial charge < -0.3 is 11.1 Å². The number of rotatable bonds is 7. The molecule has 1 aromatic carbocycles. The summed E-state index contributed by atoms with van der Waals surface area (Å²) in [5.74, 6) is 1.26. The standard InChI is InChI=1S/C14H21ClN2OS/c1-3-11(16)8-19-9-14(18)17-10(2)12-6-4-5-7-13(12)15/h4-7,10-11H,3,8-9,16H2,1-2H3,(H,17,18). The van der Waals surface area contributed by atoms with E-state index in [1.54, 1.807) is 11.8 Å². The number of carbonyl (C=O) groups is 1. The Hall–Kier alpha value is -0.710. The van der Waals surface area contributed by atoms with E-state index in [9.17, 15) is 4.79 Å². The van der Waals surface area contributed by atoms with Crippen molar-refractivity contribution in [1.29, 1.82) is 0 Å². The molecule has 19 heavy (non-hydrogen) atoms. The van der Waals surface area contributed by atoms with E-state index in [-0.39, 0.29) is 18.0 Å². The van der Waals surface area contributed by atoms with Gasteiger partial charge in [-0.2, -0.15) is 11.8 Å². The molecule has 3 N–H and O–H groups in total. The molecular formula is C14H21ClN2OS. The van der Waals surface area contributed by atoms with Gasteiger partial charge in [0.25, 0.3) is 0 Å². The van der Waals surface area contributed by atoms with Crippen LogP contribution < -0.4 is 11.1 Å². The lowest BCUT2D eigenvalue weighted by atomic mass is 10.1. The van der Waals surface area contributed by atoms with Gasteiger partial charge in [0.1, 0.15) is 0 Å². The van der Waals surface area contributed by atoms with E-state index in [4.69, 9.17) is 17.3 Å². The molecule has 0 aliphatic rings. The summed E-state index contributed by atoms with van der Waals surface area (Å²) >= 11 is 7.66.